The van der Waals surface area contributed by atoms with Gasteiger partial charge in [-0.25, -0.2) is 4.68 Å². The molecule has 0 unspecified atom stereocenters. The average molecular weight is 331 g/mol. The molecule has 1 N–H and O–H groups in total. The molecule has 6 nitrogen and oxygen atoms in total. The number of nitrogens with one attached hydrogen (secondary N) is 1. The SMILES string of the molecule is CCN(CC)C(=O)CCNc1cnn(C)c(=O)c1Br. The number of carbonyl (C=O) groups is 1. The van der Waals surface area contributed by atoms with Gasteiger partial charge in [-0.05, 0) is 29.8 Å². The quantitative estimate of drug-likeness (QED) is 0.851. The Labute approximate surface area is 120 Å². The molecule has 0 aliphatic rings. The summed E-state index contributed by atoms with van der Waals surface area (Å²) in [6, 6.07) is 0. The van der Waals surface area contributed by atoms with E-state index >= 15 is 0 Å². The number of anilines is 1. The lowest BCUT2D eigenvalue weighted by atomic mass is 10.3. The van der Waals surface area contributed by atoms with Crippen molar-refractivity contribution in [2.45, 2.75) is 20.3 Å². The molecular weight excluding hydrogens is 312 g/mol. The third-order valence-electron chi connectivity index (χ3n) is 2.85. The monoisotopic (exact) mass is 330 g/mol. The molecule has 0 aliphatic heterocycles. The predicted molar refractivity (Wildman–Crippen MR) is 78.2 cm³/mol. The van der Waals surface area contributed by atoms with E-state index in [2.05, 4.69) is 26.3 Å². The van der Waals surface area contributed by atoms with Gasteiger partial charge < -0.3 is 10.2 Å². The smallest absolute Gasteiger partial charge is 0.282 e. The van der Waals surface area contributed by atoms with Crippen molar-refractivity contribution in [3.63, 3.8) is 0 Å². The summed E-state index contributed by atoms with van der Waals surface area (Å²) < 4.78 is 1.68. The first kappa shape index (κ1) is 15.7. The number of rotatable bonds is 6. The summed E-state index contributed by atoms with van der Waals surface area (Å²) >= 11 is 3.22. The molecule has 0 saturated heterocycles. The van der Waals surface area contributed by atoms with Crippen molar-refractivity contribution in [3.8, 4) is 0 Å². The van der Waals surface area contributed by atoms with Crippen LogP contribution < -0.4 is 10.9 Å². The molecular formula is C12H19BrN4O2. The zero-order valence-electron chi connectivity index (χ0n) is 11.4. The summed E-state index contributed by atoms with van der Waals surface area (Å²) in [6.07, 6.45) is 1.96. The molecule has 0 fully saturated rings. The minimum atomic E-state index is -0.208. The predicted octanol–water partition coefficient (Wildman–Crippen LogP) is 1.21. The molecule has 0 aliphatic carbocycles. The van der Waals surface area contributed by atoms with Crippen molar-refractivity contribution in [2.24, 2.45) is 7.05 Å². The highest BCUT2D eigenvalue weighted by molar-refractivity contribution is 9.10. The lowest BCUT2D eigenvalue weighted by Crippen LogP contribution is -2.31. The van der Waals surface area contributed by atoms with E-state index < -0.39 is 0 Å². The number of amides is 1. The lowest BCUT2D eigenvalue weighted by molar-refractivity contribution is -0.130. The van der Waals surface area contributed by atoms with Gasteiger partial charge in [-0.15, -0.1) is 0 Å². The highest BCUT2D eigenvalue weighted by Gasteiger charge is 2.10. The average Bonchev–Trinajstić information content (AvgIpc) is 2.40. The van der Waals surface area contributed by atoms with E-state index in [1.54, 1.807) is 18.1 Å². The van der Waals surface area contributed by atoms with Crippen LogP contribution in [-0.2, 0) is 11.8 Å². The Morgan fingerprint density at radius 1 is 1.47 bits per heavy atom. The van der Waals surface area contributed by atoms with E-state index in [-0.39, 0.29) is 11.5 Å². The maximum Gasteiger partial charge on any atom is 0.282 e. The van der Waals surface area contributed by atoms with Gasteiger partial charge in [-0.2, -0.15) is 5.10 Å². The molecule has 0 saturated carbocycles. The van der Waals surface area contributed by atoms with Gasteiger partial charge in [0, 0.05) is 33.1 Å². The molecule has 0 radical (unpaired) electrons. The van der Waals surface area contributed by atoms with Crippen LogP contribution in [0.4, 0.5) is 5.69 Å². The van der Waals surface area contributed by atoms with Crippen molar-refractivity contribution in [3.05, 3.63) is 21.0 Å². The standard InChI is InChI=1S/C12H19BrN4O2/c1-4-17(5-2)10(18)6-7-14-9-8-15-16(3)12(19)11(9)13/h8,14H,4-7H2,1-3H3. The van der Waals surface area contributed by atoms with Crippen molar-refractivity contribution in [1.29, 1.82) is 0 Å². The zero-order valence-corrected chi connectivity index (χ0v) is 13.0. The Bertz CT molecular complexity index is 497. The minimum Gasteiger partial charge on any atom is -0.382 e. The minimum absolute atomic E-state index is 0.102. The van der Waals surface area contributed by atoms with Gasteiger partial charge in [0.05, 0.1) is 11.9 Å². The summed E-state index contributed by atoms with van der Waals surface area (Å²) in [7, 11) is 1.58. The molecule has 0 bridgehead atoms. The molecule has 1 heterocycles. The Morgan fingerprint density at radius 3 is 2.68 bits per heavy atom. The second-order valence-electron chi connectivity index (χ2n) is 4.04. The summed E-state index contributed by atoms with van der Waals surface area (Å²) in [6.45, 7) is 5.81. The zero-order chi connectivity index (χ0) is 14.4. The van der Waals surface area contributed by atoms with E-state index in [0.29, 0.717) is 36.2 Å². The first-order chi connectivity index (χ1) is 9.01. The lowest BCUT2D eigenvalue weighted by Gasteiger charge is -2.18. The number of hydrogen-bond donors (Lipinski definition) is 1. The van der Waals surface area contributed by atoms with E-state index in [4.69, 9.17) is 0 Å². The fourth-order valence-electron chi connectivity index (χ4n) is 1.67. The van der Waals surface area contributed by atoms with E-state index in [1.807, 2.05) is 13.8 Å². The molecule has 7 heteroatoms. The van der Waals surface area contributed by atoms with Crippen LogP contribution in [0, 0.1) is 0 Å². The second kappa shape index (κ2) is 7.28. The van der Waals surface area contributed by atoms with Crippen LogP contribution in [-0.4, -0.2) is 40.2 Å². The molecule has 0 aromatic carbocycles. The number of halogens is 1. The van der Waals surface area contributed by atoms with E-state index in [1.165, 1.54) is 4.68 Å². The van der Waals surface area contributed by atoms with Crippen LogP contribution in [0.25, 0.3) is 0 Å². The Balaban J connectivity index is 2.57. The van der Waals surface area contributed by atoms with Crippen molar-refractivity contribution >= 4 is 27.5 Å². The molecule has 0 spiro atoms. The van der Waals surface area contributed by atoms with Crippen molar-refractivity contribution < 1.29 is 4.79 Å². The van der Waals surface area contributed by atoms with E-state index in [9.17, 15) is 9.59 Å². The third kappa shape index (κ3) is 4.05. The van der Waals surface area contributed by atoms with Crippen LogP contribution >= 0.6 is 15.9 Å². The second-order valence-corrected chi connectivity index (χ2v) is 4.84. The van der Waals surface area contributed by atoms with Gasteiger partial charge in [0.2, 0.25) is 5.91 Å². The normalized spacial score (nSPS) is 10.3. The van der Waals surface area contributed by atoms with Crippen LogP contribution in [0.15, 0.2) is 15.5 Å². The number of nitrogens with zero attached hydrogens (tertiary/aromatic N) is 3. The van der Waals surface area contributed by atoms with Crippen molar-refractivity contribution in [1.82, 2.24) is 14.7 Å². The van der Waals surface area contributed by atoms with E-state index in [0.717, 1.165) is 0 Å². The maximum absolute atomic E-state index is 11.8. The number of aromatic nitrogens is 2. The molecule has 1 aromatic rings. The third-order valence-corrected chi connectivity index (χ3v) is 3.62. The Morgan fingerprint density at radius 2 is 2.11 bits per heavy atom. The topological polar surface area (TPSA) is 67.2 Å². The highest BCUT2D eigenvalue weighted by atomic mass is 79.9. The van der Waals surface area contributed by atoms with Gasteiger partial charge in [-0.1, -0.05) is 0 Å². The first-order valence-corrected chi connectivity index (χ1v) is 7.04. The van der Waals surface area contributed by atoms with Gasteiger partial charge in [0.25, 0.3) is 5.56 Å². The first-order valence-electron chi connectivity index (χ1n) is 6.24. The summed E-state index contributed by atoms with van der Waals surface area (Å²) in [5, 5.41) is 6.97. The summed E-state index contributed by atoms with van der Waals surface area (Å²) in [5.74, 6) is 0.102. The summed E-state index contributed by atoms with van der Waals surface area (Å²) in [4.78, 5) is 25.2. The van der Waals surface area contributed by atoms with Gasteiger partial charge >= 0.3 is 0 Å². The molecule has 1 amide bonds. The number of hydrogen-bond acceptors (Lipinski definition) is 4. The Kier molecular flexibility index (Phi) is 6.01. The molecule has 1 rings (SSSR count). The largest absolute Gasteiger partial charge is 0.382 e. The highest BCUT2D eigenvalue weighted by Crippen LogP contribution is 2.15. The fraction of sp³-hybridized carbons (Fsp3) is 0.583. The molecule has 106 valence electrons. The van der Waals surface area contributed by atoms with Crippen LogP contribution in [0.1, 0.15) is 20.3 Å². The number of carbonyl (C=O) groups excluding carboxylic acids is 1. The summed E-state index contributed by atoms with van der Waals surface area (Å²) in [5.41, 5.74) is 0.399. The number of aryl methyl sites for hydroxylation is 1. The van der Waals surface area contributed by atoms with Crippen LogP contribution in [0.5, 0.6) is 0 Å². The molecule has 19 heavy (non-hydrogen) atoms. The van der Waals surface area contributed by atoms with Gasteiger partial charge in [0.15, 0.2) is 0 Å². The maximum atomic E-state index is 11.8. The van der Waals surface area contributed by atoms with Crippen LogP contribution in [0.2, 0.25) is 0 Å². The molecule has 0 atom stereocenters. The van der Waals surface area contributed by atoms with Crippen molar-refractivity contribution in [2.75, 3.05) is 25.0 Å². The fourth-order valence-corrected chi connectivity index (χ4v) is 2.17. The van der Waals surface area contributed by atoms with Gasteiger partial charge in [-0.3, -0.25) is 9.59 Å². The Hall–Kier alpha value is -1.37. The molecule has 1 aromatic heterocycles. The van der Waals surface area contributed by atoms with Crippen LogP contribution in [0.3, 0.4) is 0 Å². The van der Waals surface area contributed by atoms with Gasteiger partial charge in [0.1, 0.15) is 4.47 Å².